The van der Waals surface area contributed by atoms with Crippen molar-refractivity contribution in [2.45, 2.75) is 9.92 Å². The zero-order valence-electron chi connectivity index (χ0n) is 17.2. The Morgan fingerprint density at radius 3 is 2.47 bits per heavy atom. The minimum absolute atomic E-state index is 0.0985. The lowest BCUT2D eigenvalue weighted by atomic mass is 9.99. The highest BCUT2D eigenvalue weighted by molar-refractivity contribution is 7.99. The molecule has 0 fully saturated rings. The van der Waals surface area contributed by atoms with Gasteiger partial charge in [0.1, 0.15) is 16.9 Å². The van der Waals surface area contributed by atoms with Crippen LogP contribution >= 0.6 is 23.4 Å². The number of halogens is 2. The molecule has 0 radical (unpaired) electrons. The molecule has 3 aromatic carbocycles. The standard InChI is InChI=1S/C25H13ClFN3O3S/c26-18-3-1-2-16(10-18)21-12-23(15-4-6-19(27)7-5-15)29-25(22(21)13-28)34-24-9-8-20(30(32)33)11-17(24)14-31/h1-12,14H. The molecule has 0 aliphatic carbocycles. The molecule has 0 spiro atoms. The number of carbonyl (C=O) groups is 1. The molecule has 34 heavy (non-hydrogen) atoms. The van der Waals surface area contributed by atoms with Crippen molar-refractivity contribution in [2.75, 3.05) is 0 Å². The van der Waals surface area contributed by atoms with Gasteiger partial charge >= 0.3 is 0 Å². The lowest BCUT2D eigenvalue weighted by Gasteiger charge is -2.13. The fraction of sp³-hybridized carbons (Fsp3) is 0. The molecule has 166 valence electrons. The van der Waals surface area contributed by atoms with Gasteiger partial charge in [0, 0.05) is 38.7 Å². The van der Waals surface area contributed by atoms with Crippen LogP contribution in [-0.4, -0.2) is 16.2 Å². The van der Waals surface area contributed by atoms with Gasteiger partial charge in [0.05, 0.1) is 16.2 Å². The highest BCUT2D eigenvalue weighted by atomic mass is 35.5. The van der Waals surface area contributed by atoms with Gasteiger partial charge in [0.25, 0.3) is 5.69 Å². The molecule has 0 aliphatic heterocycles. The third kappa shape index (κ3) is 4.81. The van der Waals surface area contributed by atoms with Crippen LogP contribution < -0.4 is 0 Å². The van der Waals surface area contributed by atoms with Crippen LogP contribution in [0.4, 0.5) is 10.1 Å². The molecule has 0 atom stereocenters. The Morgan fingerprint density at radius 1 is 1.06 bits per heavy atom. The van der Waals surface area contributed by atoms with E-state index < -0.39 is 10.7 Å². The molecule has 0 bridgehead atoms. The van der Waals surface area contributed by atoms with E-state index in [2.05, 4.69) is 11.1 Å². The average Bonchev–Trinajstić information content (AvgIpc) is 2.84. The summed E-state index contributed by atoms with van der Waals surface area (Å²) in [6.07, 6.45) is 0.517. The molecule has 0 N–H and O–H groups in total. The van der Waals surface area contributed by atoms with Crippen molar-refractivity contribution >= 4 is 35.3 Å². The molecule has 4 rings (SSSR count). The Morgan fingerprint density at radius 2 is 1.82 bits per heavy atom. The SMILES string of the molecule is N#Cc1c(-c2cccc(Cl)c2)cc(-c2ccc(F)cc2)nc1Sc1ccc([N+](=O)[O-])cc1C=O. The van der Waals surface area contributed by atoms with E-state index in [1.165, 1.54) is 30.3 Å². The second-order valence-electron chi connectivity index (χ2n) is 7.06. The van der Waals surface area contributed by atoms with Crippen molar-refractivity contribution in [3.05, 3.63) is 105 Å². The molecule has 0 unspecified atom stereocenters. The van der Waals surface area contributed by atoms with Crippen LogP contribution in [0.15, 0.2) is 82.7 Å². The lowest BCUT2D eigenvalue weighted by Crippen LogP contribution is -1.97. The maximum atomic E-state index is 13.5. The number of nitro groups is 1. The fourth-order valence-corrected chi connectivity index (χ4v) is 4.46. The lowest BCUT2D eigenvalue weighted by molar-refractivity contribution is -0.384. The third-order valence-electron chi connectivity index (χ3n) is 4.91. The van der Waals surface area contributed by atoms with E-state index in [1.54, 1.807) is 42.5 Å². The Balaban J connectivity index is 1.92. The smallest absolute Gasteiger partial charge is 0.270 e. The topological polar surface area (TPSA) is 96.9 Å². The van der Waals surface area contributed by atoms with Crippen molar-refractivity contribution in [2.24, 2.45) is 0 Å². The first kappa shape index (κ1) is 23.1. The second-order valence-corrected chi connectivity index (χ2v) is 8.53. The minimum atomic E-state index is -0.590. The number of nitro benzene ring substituents is 1. The van der Waals surface area contributed by atoms with E-state index >= 15 is 0 Å². The predicted octanol–water partition coefficient (Wildman–Crippen LogP) is 6.95. The Kier molecular flexibility index (Phi) is 6.68. The zero-order valence-corrected chi connectivity index (χ0v) is 18.8. The Hall–Kier alpha value is -4.06. The average molecular weight is 490 g/mol. The maximum Gasteiger partial charge on any atom is 0.270 e. The number of non-ortho nitro benzene ring substituents is 1. The highest BCUT2D eigenvalue weighted by Gasteiger charge is 2.19. The van der Waals surface area contributed by atoms with Gasteiger partial charge in [-0.3, -0.25) is 14.9 Å². The largest absolute Gasteiger partial charge is 0.298 e. The molecule has 0 saturated heterocycles. The number of hydrogen-bond donors (Lipinski definition) is 0. The monoisotopic (exact) mass is 489 g/mol. The van der Waals surface area contributed by atoms with Gasteiger partial charge in [-0.2, -0.15) is 5.26 Å². The molecule has 9 heteroatoms. The number of pyridine rings is 1. The van der Waals surface area contributed by atoms with Gasteiger partial charge in [0.15, 0.2) is 6.29 Å². The number of nitrogens with zero attached hydrogens (tertiary/aromatic N) is 3. The molecular weight excluding hydrogens is 477 g/mol. The first-order chi connectivity index (χ1) is 16.4. The number of carbonyl (C=O) groups excluding carboxylic acids is 1. The molecule has 1 aromatic heterocycles. The van der Waals surface area contributed by atoms with Crippen LogP contribution in [0.5, 0.6) is 0 Å². The van der Waals surface area contributed by atoms with E-state index in [1.807, 2.05) is 0 Å². The highest BCUT2D eigenvalue weighted by Crippen LogP contribution is 2.39. The number of aldehydes is 1. The van der Waals surface area contributed by atoms with Crippen molar-refractivity contribution < 1.29 is 14.1 Å². The van der Waals surface area contributed by atoms with Crippen LogP contribution in [0.1, 0.15) is 15.9 Å². The van der Waals surface area contributed by atoms with Crippen molar-refractivity contribution in [1.82, 2.24) is 4.98 Å². The van der Waals surface area contributed by atoms with E-state index in [0.717, 1.165) is 11.8 Å². The van der Waals surface area contributed by atoms with Crippen LogP contribution in [0.25, 0.3) is 22.4 Å². The number of aromatic nitrogens is 1. The first-order valence-electron chi connectivity index (χ1n) is 9.78. The molecule has 0 amide bonds. The van der Waals surface area contributed by atoms with Gasteiger partial charge < -0.3 is 0 Å². The van der Waals surface area contributed by atoms with Crippen LogP contribution in [0.2, 0.25) is 5.02 Å². The van der Waals surface area contributed by atoms with Crippen LogP contribution in [-0.2, 0) is 0 Å². The summed E-state index contributed by atoms with van der Waals surface area (Å²) in [4.78, 5) is 27.1. The molecule has 0 aliphatic rings. The summed E-state index contributed by atoms with van der Waals surface area (Å²) in [6.45, 7) is 0. The fourth-order valence-electron chi connectivity index (χ4n) is 3.29. The first-order valence-corrected chi connectivity index (χ1v) is 11.0. The number of nitriles is 1. The van der Waals surface area contributed by atoms with Gasteiger partial charge in [-0.05, 0) is 54.1 Å². The van der Waals surface area contributed by atoms with Gasteiger partial charge in [-0.1, -0.05) is 35.5 Å². The van der Waals surface area contributed by atoms with Gasteiger partial charge in [0.2, 0.25) is 0 Å². The van der Waals surface area contributed by atoms with Crippen molar-refractivity contribution in [1.29, 1.82) is 5.26 Å². The van der Waals surface area contributed by atoms with Gasteiger partial charge in [-0.25, -0.2) is 9.37 Å². The van der Waals surface area contributed by atoms with E-state index in [4.69, 9.17) is 11.6 Å². The van der Waals surface area contributed by atoms with Crippen molar-refractivity contribution in [3.8, 4) is 28.5 Å². The predicted molar refractivity (Wildman–Crippen MR) is 127 cm³/mol. The Labute approximate surface area is 202 Å². The number of benzene rings is 3. The quantitative estimate of drug-likeness (QED) is 0.165. The van der Waals surface area contributed by atoms with Crippen LogP contribution in [0, 0.1) is 27.3 Å². The molecule has 6 nitrogen and oxygen atoms in total. The summed E-state index contributed by atoms with van der Waals surface area (Å²) in [5, 5.41) is 21.9. The third-order valence-corrected chi connectivity index (χ3v) is 6.23. The molecule has 1 heterocycles. The number of rotatable bonds is 6. The van der Waals surface area contributed by atoms with Crippen LogP contribution in [0.3, 0.4) is 0 Å². The molecular formula is C25H13ClFN3O3S. The Bertz CT molecular complexity index is 1470. The van der Waals surface area contributed by atoms with Gasteiger partial charge in [-0.15, -0.1) is 0 Å². The summed E-state index contributed by atoms with van der Waals surface area (Å²) < 4.78 is 13.5. The second kappa shape index (κ2) is 9.83. The number of hydrogen-bond acceptors (Lipinski definition) is 6. The van der Waals surface area contributed by atoms with E-state index in [-0.39, 0.29) is 21.8 Å². The summed E-state index contributed by atoms with van der Waals surface area (Å²) in [5.74, 6) is -0.399. The molecule has 4 aromatic rings. The summed E-state index contributed by atoms with van der Waals surface area (Å²) in [7, 11) is 0. The molecule has 0 saturated carbocycles. The zero-order chi connectivity index (χ0) is 24.2. The summed E-state index contributed by atoms with van der Waals surface area (Å²) >= 11 is 7.22. The normalized spacial score (nSPS) is 10.5. The van der Waals surface area contributed by atoms with Crippen molar-refractivity contribution in [3.63, 3.8) is 0 Å². The van der Waals surface area contributed by atoms with E-state index in [9.17, 15) is 24.6 Å². The summed E-state index contributed by atoms with van der Waals surface area (Å²) in [5.41, 5.74) is 2.45. The maximum absolute atomic E-state index is 13.5. The van der Waals surface area contributed by atoms with E-state index in [0.29, 0.717) is 38.6 Å². The minimum Gasteiger partial charge on any atom is -0.298 e. The summed E-state index contributed by atoms with van der Waals surface area (Å²) in [6, 6.07) is 20.5.